The highest BCUT2D eigenvalue weighted by atomic mass is 16.4. The zero-order chi connectivity index (χ0) is 14.0. The van der Waals surface area contributed by atoms with Crippen LogP contribution in [0.15, 0.2) is 29.3 Å². The van der Waals surface area contributed by atoms with Gasteiger partial charge in [-0.25, -0.2) is 14.3 Å². The Kier molecular flexibility index (Phi) is 3.27. The van der Waals surface area contributed by atoms with Gasteiger partial charge in [-0.05, 0) is 38.1 Å². The Hall–Kier alpha value is -2.72. The molecule has 0 bridgehead atoms. The van der Waals surface area contributed by atoms with E-state index in [4.69, 9.17) is 0 Å². The smallest absolute Gasteiger partial charge is 0.337 e. The Bertz CT molecular complexity index is 697. The first kappa shape index (κ1) is 12.7. The second-order valence-electron chi connectivity index (χ2n) is 4.05. The van der Waals surface area contributed by atoms with Crippen LogP contribution < -0.4 is 0 Å². The van der Waals surface area contributed by atoms with Gasteiger partial charge in [0.25, 0.3) is 0 Å². The normalized spacial score (nSPS) is 10.0. The molecule has 0 saturated heterocycles. The van der Waals surface area contributed by atoms with Gasteiger partial charge in [-0.2, -0.15) is 10.1 Å². The van der Waals surface area contributed by atoms with Crippen LogP contribution >= 0.6 is 0 Å². The van der Waals surface area contributed by atoms with Crippen molar-refractivity contribution >= 4 is 17.7 Å². The predicted molar refractivity (Wildman–Crippen MR) is 67.8 cm³/mol. The highest BCUT2D eigenvalue weighted by Crippen LogP contribution is 2.22. The first-order valence-electron chi connectivity index (χ1n) is 5.52. The molecule has 0 amide bonds. The third-order valence-electron chi connectivity index (χ3n) is 2.62. The molecule has 96 valence electrons. The highest BCUT2D eigenvalue weighted by Gasteiger charge is 2.15. The molecule has 0 aliphatic carbocycles. The van der Waals surface area contributed by atoms with Crippen LogP contribution in [0.5, 0.6) is 0 Å². The van der Waals surface area contributed by atoms with Gasteiger partial charge < -0.3 is 5.11 Å². The van der Waals surface area contributed by atoms with Crippen molar-refractivity contribution in [3.63, 3.8) is 0 Å². The summed E-state index contributed by atoms with van der Waals surface area (Å²) < 4.78 is 1.55. The minimum Gasteiger partial charge on any atom is -0.478 e. The largest absolute Gasteiger partial charge is 0.478 e. The predicted octanol–water partition coefficient (Wildman–Crippen LogP) is 2.15. The number of carboxylic acids is 1. The van der Waals surface area contributed by atoms with Crippen molar-refractivity contribution in [2.45, 2.75) is 13.8 Å². The fourth-order valence-electron chi connectivity index (χ4n) is 1.88. The SMILES string of the molecule is Cc1cc(C)n(-c2ccc(N=C=O)cc2C(=O)O)n1. The number of carbonyl (C=O) groups is 1. The summed E-state index contributed by atoms with van der Waals surface area (Å²) in [6, 6.07) is 6.28. The third-order valence-corrected chi connectivity index (χ3v) is 2.62. The Morgan fingerprint density at radius 3 is 2.63 bits per heavy atom. The lowest BCUT2D eigenvalue weighted by molar-refractivity contribution is 0.0696. The van der Waals surface area contributed by atoms with E-state index in [1.165, 1.54) is 12.1 Å². The van der Waals surface area contributed by atoms with Crippen molar-refractivity contribution in [3.8, 4) is 5.69 Å². The van der Waals surface area contributed by atoms with E-state index in [9.17, 15) is 14.7 Å². The summed E-state index contributed by atoms with van der Waals surface area (Å²) in [5.74, 6) is -1.11. The van der Waals surface area contributed by atoms with Crippen LogP contribution in [-0.4, -0.2) is 26.9 Å². The molecule has 2 rings (SSSR count). The maximum Gasteiger partial charge on any atom is 0.337 e. The molecule has 6 heteroatoms. The second kappa shape index (κ2) is 4.88. The molecule has 0 atom stereocenters. The van der Waals surface area contributed by atoms with Gasteiger partial charge >= 0.3 is 5.97 Å². The fraction of sp³-hybridized carbons (Fsp3) is 0.154. The maximum absolute atomic E-state index is 11.3. The second-order valence-corrected chi connectivity index (χ2v) is 4.05. The van der Waals surface area contributed by atoms with E-state index in [0.29, 0.717) is 5.69 Å². The van der Waals surface area contributed by atoms with E-state index >= 15 is 0 Å². The zero-order valence-corrected chi connectivity index (χ0v) is 10.4. The molecule has 0 aliphatic heterocycles. The van der Waals surface area contributed by atoms with Crippen LogP contribution in [0.1, 0.15) is 21.7 Å². The Balaban J connectivity index is 2.66. The number of carboxylic acid groups (broad SMARTS) is 1. The molecule has 1 N–H and O–H groups in total. The highest BCUT2D eigenvalue weighted by molar-refractivity contribution is 5.93. The van der Waals surface area contributed by atoms with Crippen molar-refractivity contribution in [1.29, 1.82) is 0 Å². The molecule has 1 aromatic carbocycles. The van der Waals surface area contributed by atoms with E-state index in [2.05, 4.69) is 10.1 Å². The van der Waals surface area contributed by atoms with Crippen molar-refractivity contribution in [3.05, 3.63) is 41.2 Å². The third kappa shape index (κ3) is 2.43. The molecule has 0 saturated carbocycles. The zero-order valence-electron chi connectivity index (χ0n) is 10.4. The summed E-state index contributed by atoms with van der Waals surface area (Å²) in [6.45, 7) is 3.66. The molecular weight excluding hydrogens is 246 g/mol. The molecule has 1 heterocycles. The summed E-state index contributed by atoms with van der Waals surface area (Å²) in [7, 11) is 0. The summed E-state index contributed by atoms with van der Waals surface area (Å²) >= 11 is 0. The number of benzene rings is 1. The molecule has 0 unspecified atom stereocenters. The monoisotopic (exact) mass is 257 g/mol. The lowest BCUT2D eigenvalue weighted by Crippen LogP contribution is -2.07. The van der Waals surface area contributed by atoms with Gasteiger partial charge in [-0.3, -0.25) is 0 Å². The molecule has 2 aromatic rings. The average molecular weight is 257 g/mol. The van der Waals surface area contributed by atoms with Gasteiger partial charge in [0.2, 0.25) is 6.08 Å². The number of isocyanates is 1. The maximum atomic E-state index is 11.3. The summed E-state index contributed by atoms with van der Waals surface area (Å²) in [6.07, 6.45) is 1.38. The molecule has 0 spiro atoms. The van der Waals surface area contributed by atoms with Crippen LogP contribution in [0, 0.1) is 13.8 Å². The first-order valence-corrected chi connectivity index (χ1v) is 5.52. The van der Waals surface area contributed by atoms with Crippen LogP contribution in [0.3, 0.4) is 0 Å². The molecule has 19 heavy (non-hydrogen) atoms. The number of nitrogens with zero attached hydrogens (tertiary/aromatic N) is 3. The lowest BCUT2D eigenvalue weighted by Gasteiger charge is -2.08. The van der Waals surface area contributed by atoms with Crippen LogP contribution in [0.4, 0.5) is 5.69 Å². The minimum atomic E-state index is -1.11. The van der Waals surface area contributed by atoms with Gasteiger partial charge in [-0.15, -0.1) is 0 Å². The van der Waals surface area contributed by atoms with E-state index in [-0.39, 0.29) is 11.3 Å². The van der Waals surface area contributed by atoms with Crippen molar-refractivity contribution in [2.24, 2.45) is 4.99 Å². The van der Waals surface area contributed by atoms with Gasteiger partial charge in [-0.1, -0.05) is 0 Å². The summed E-state index contributed by atoms with van der Waals surface area (Å²) in [5, 5.41) is 13.5. The van der Waals surface area contributed by atoms with Gasteiger partial charge in [0, 0.05) is 5.69 Å². The summed E-state index contributed by atoms with van der Waals surface area (Å²) in [5.41, 5.74) is 2.33. The van der Waals surface area contributed by atoms with Crippen molar-refractivity contribution < 1.29 is 14.7 Å². The van der Waals surface area contributed by atoms with Crippen LogP contribution in [0.25, 0.3) is 5.69 Å². The number of hydrogen-bond donors (Lipinski definition) is 1. The standard InChI is InChI=1S/C13H11N3O3/c1-8-5-9(2)16(15-8)12-4-3-10(14-7-17)6-11(12)13(18)19/h3-6H,1-2H3,(H,18,19). The van der Waals surface area contributed by atoms with Gasteiger partial charge in [0.15, 0.2) is 0 Å². The molecule has 6 nitrogen and oxygen atoms in total. The topological polar surface area (TPSA) is 84.5 Å². The minimum absolute atomic E-state index is 0.0303. The molecule has 0 aliphatic rings. The Morgan fingerprint density at radius 1 is 1.37 bits per heavy atom. The average Bonchev–Trinajstić information content (AvgIpc) is 2.68. The number of aromatic carboxylic acids is 1. The number of aromatic nitrogens is 2. The molecule has 1 aromatic heterocycles. The summed E-state index contributed by atoms with van der Waals surface area (Å²) in [4.78, 5) is 24.9. The van der Waals surface area contributed by atoms with Crippen LogP contribution in [0.2, 0.25) is 0 Å². The quantitative estimate of drug-likeness (QED) is 0.674. The fourth-order valence-corrected chi connectivity index (χ4v) is 1.88. The number of rotatable bonds is 3. The lowest BCUT2D eigenvalue weighted by atomic mass is 10.1. The van der Waals surface area contributed by atoms with Gasteiger partial charge in [0.05, 0.1) is 22.6 Å². The van der Waals surface area contributed by atoms with Crippen molar-refractivity contribution in [1.82, 2.24) is 9.78 Å². The Morgan fingerprint density at radius 2 is 2.11 bits per heavy atom. The molecule has 0 fully saturated rings. The van der Waals surface area contributed by atoms with Crippen LogP contribution in [-0.2, 0) is 4.79 Å². The van der Waals surface area contributed by atoms with E-state index in [0.717, 1.165) is 11.4 Å². The Labute approximate surface area is 109 Å². The number of aryl methyl sites for hydroxylation is 2. The van der Waals surface area contributed by atoms with Gasteiger partial charge in [0.1, 0.15) is 0 Å². The molecular formula is C13H11N3O3. The van der Waals surface area contributed by atoms with E-state index in [1.54, 1.807) is 16.8 Å². The molecule has 0 radical (unpaired) electrons. The van der Waals surface area contributed by atoms with E-state index < -0.39 is 5.97 Å². The van der Waals surface area contributed by atoms with Crippen molar-refractivity contribution in [2.75, 3.05) is 0 Å². The number of aliphatic imine (C=N–C) groups is 1. The number of hydrogen-bond acceptors (Lipinski definition) is 4. The van der Waals surface area contributed by atoms with E-state index in [1.807, 2.05) is 19.9 Å². The number of carbonyl (C=O) groups excluding carboxylic acids is 1. The first-order chi connectivity index (χ1) is 9.02.